The van der Waals surface area contributed by atoms with E-state index in [1.807, 2.05) is 37.4 Å². The summed E-state index contributed by atoms with van der Waals surface area (Å²) in [5.74, 6) is 0.875. The summed E-state index contributed by atoms with van der Waals surface area (Å²) < 4.78 is 5.98. The van der Waals surface area contributed by atoms with E-state index in [1.165, 1.54) is 11.1 Å². The van der Waals surface area contributed by atoms with Gasteiger partial charge < -0.3 is 10.1 Å². The van der Waals surface area contributed by atoms with Crippen LogP contribution in [-0.2, 0) is 6.61 Å². The number of aryl methyl sites for hydroxylation is 1. The van der Waals surface area contributed by atoms with Crippen molar-refractivity contribution < 1.29 is 4.74 Å². The maximum atomic E-state index is 6.08. The quantitative estimate of drug-likeness (QED) is 0.874. The predicted molar refractivity (Wildman–Crippen MR) is 84.4 cm³/mol. The molecule has 3 heteroatoms. The van der Waals surface area contributed by atoms with Crippen LogP contribution < -0.4 is 10.1 Å². The largest absolute Gasteiger partial charge is 0.489 e. The SMILES string of the molecule is CNC(C)c1cc(Cl)ccc1OCc1ccccc1C. The molecule has 20 heavy (non-hydrogen) atoms. The van der Waals surface area contributed by atoms with E-state index in [2.05, 4.69) is 31.3 Å². The predicted octanol–water partition coefficient (Wildman–Crippen LogP) is 4.51. The fourth-order valence-corrected chi connectivity index (χ4v) is 2.25. The second-order valence-electron chi connectivity index (χ2n) is 4.91. The van der Waals surface area contributed by atoms with Crippen LogP contribution in [0.5, 0.6) is 5.75 Å². The highest BCUT2D eigenvalue weighted by Gasteiger charge is 2.11. The van der Waals surface area contributed by atoms with E-state index in [-0.39, 0.29) is 6.04 Å². The molecule has 0 aliphatic carbocycles. The number of benzene rings is 2. The van der Waals surface area contributed by atoms with Crippen molar-refractivity contribution in [1.82, 2.24) is 5.32 Å². The van der Waals surface area contributed by atoms with Crippen molar-refractivity contribution in [2.45, 2.75) is 26.5 Å². The summed E-state index contributed by atoms with van der Waals surface area (Å²) in [6.45, 7) is 4.75. The smallest absolute Gasteiger partial charge is 0.124 e. The molecule has 0 aliphatic heterocycles. The molecule has 0 saturated carbocycles. The molecule has 106 valence electrons. The lowest BCUT2D eigenvalue weighted by molar-refractivity contribution is 0.299. The number of rotatable bonds is 5. The molecule has 0 saturated heterocycles. The fraction of sp³-hybridized carbons (Fsp3) is 0.294. The highest BCUT2D eigenvalue weighted by Crippen LogP contribution is 2.29. The molecule has 0 bridgehead atoms. The minimum absolute atomic E-state index is 0.195. The van der Waals surface area contributed by atoms with Crippen LogP contribution in [0.2, 0.25) is 5.02 Å². The van der Waals surface area contributed by atoms with Gasteiger partial charge in [-0.15, -0.1) is 0 Å². The third-order valence-electron chi connectivity index (χ3n) is 3.52. The maximum absolute atomic E-state index is 6.08. The third kappa shape index (κ3) is 3.53. The van der Waals surface area contributed by atoms with Crippen molar-refractivity contribution in [1.29, 1.82) is 0 Å². The first-order chi connectivity index (χ1) is 9.61. The summed E-state index contributed by atoms with van der Waals surface area (Å²) in [6, 6.07) is 14.2. The number of nitrogens with one attached hydrogen (secondary N) is 1. The molecule has 0 aliphatic rings. The summed E-state index contributed by atoms with van der Waals surface area (Å²) in [5.41, 5.74) is 3.52. The molecule has 0 radical (unpaired) electrons. The molecule has 2 rings (SSSR count). The van der Waals surface area contributed by atoms with Crippen LogP contribution in [0.4, 0.5) is 0 Å². The molecule has 1 unspecified atom stereocenters. The number of ether oxygens (including phenoxy) is 1. The van der Waals surface area contributed by atoms with Gasteiger partial charge in [0.2, 0.25) is 0 Å². The van der Waals surface area contributed by atoms with Gasteiger partial charge in [0.15, 0.2) is 0 Å². The van der Waals surface area contributed by atoms with E-state index in [4.69, 9.17) is 16.3 Å². The van der Waals surface area contributed by atoms with E-state index in [0.717, 1.165) is 16.3 Å². The number of hydrogen-bond acceptors (Lipinski definition) is 2. The first-order valence-electron chi connectivity index (χ1n) is 6.76. The highest BCUT2D eigenvalue weighted by atomic mass is 35.5. The first kappa shape index (κ1) is 14.9. The van der Waals surface area contributed by atoms with E-state index >= 15 is 0 Å². The summed E-state index contributed by atoms with van der Waals surface area (Å²) in [7, 11) is 1.93. The van der Waals surface area contributed by atoms with E-state index in [0.29, 0.717) is 6.61 Å². The van der Waals surface area contributed by atoms with E-state index in [9.17, 15) is 0 Å². The lowest BCUT2D eigenvalue weighted by Crippen LogP contribution is -2.14. The van der Waals surface area contributed by atoms with Crippen molar-refractivity contribution in [3.8, 4) is 5.75 Å². The Labute approximate surface area is 125 Å². The third-order valence-corrected chi connectivity index (χ3v) is 3.75. The van der Waals surface area contributed by atoms with Gasteiger partial charge in [-0.1, -0.05) is 35.9 Å². The summed E-state index contributed by atoms with van der Waals surface area (Å²) in [6.07, 6.45) is 0. The van der Waals surface area contributed by atoms with Gasteiger partial charge in [-0.2, -0.15) is 0 Å². The van der Waals surface area contributed by atoms with Gasteiger partial charge >= 0.3 is 0 Å². The zero-order chi connectivity index (χ0) is 14.5. The van der Waals surface area contributed by atoms with Gasteiger partial charge in [0.05, 0.1) is 0 Å². The number of hydrogen-bond donors (Lipinski definition) is 1. The minimum Gasteiger partial charge on any atom is -0.489 e. The standard InChI is InChI=1S/C17H20ClNO/c1-12-6-4-5-7-14(12)11-20-17-9-8-15(18)10-16(17)13(2)19-3/h4-10,13,19H,11H2,1-3H3. The van der Waals surface area contributed by atoms with Gasteiger partial charge in [0.25, 0.3) is 0 Å². The normalized spacial score (nSPS) is 12.2. The zero-order valence-electron chi connectivity index (χ0n) is 12.1. The topological polar surface area (TPSA) is 21.3 Å². The molecule has 2 nitrogen and oxygen atoms in total. The first-order valence-corrected chi connectivity index (χ1v) is 7.13. The summed E-state index contributed by atoms with van der Waals surface area (Å²) in [5, 5.41) is 3.95. The van der Waals surface area contributed by atoms with Gasteiger partial charge in [0.1, 0.15) is 12.4 Å². The van der Waals surface area contributed by atoms with Crippen molar-refractivity contribution >= 4 is 11.6 Å². The molecule has 1 N–H and O–H groups in total. The van der Waals surface area contributed by atoms with Gasteiger partial charge in [-0.3, -0.25) is 0 Å². The number of halogens is 1. The van der Waals surface area contributed by atoms with Crippen molar-refractivity contribution in [2.24, 2.45) is 0 Å². The lowest BCUT2D eigenvalue weighted by Gasteiger charge is -2.17. The fourth-order valence-electron chi connectivity index (χ4n) is 2.07. The molecular formula is C17H20ClNO. The Kier molecular flexibility index (Phi) is 5.05. The van der Waals surface area contributed by atoms with Gasteiger partial charge in [0, 0.05) is 16.6 Å². The average molecular weight is 290 g/mol. The minimum atomic E-state index is 0.195. The molecule has 0 heterocycles. The van der Waals surface area contributed by atoms with Crippen LogP contribution in [0.25, 0.3) is 0 Å². The molecule has 1 atom stereocenters. The molecule has 2 aromatic rings. The van der Waals surface area contributed by atoms with Crippen molar-refractivity contribution in [2.75, 3.05) is 7.05 Å². The van der Waals surface area contributed by atoms with Crippen LogP contribution in [-0.4, -0.2) is 7.05 Å². The maximum Gasteiger partial charge on any atom is 0.124 e. The summed E-state index contributed by atoms with van der Waals surface area (Å²) >= 11 is 6.08. The Morgan fingerprint density at radius 2 is 1.95 bits per heavy atom. The van der Waals surface area contributed by atoms with Crippen molar-refractivity contribution in [3.05, 3.63) is 64.2 Å². The monoisotopic (exact) mass is 289 g/mol. The second-order valence-corrected chi connectivity index (χ2v) is 5.34. The van der Waals surface area contributed by atoms with E-state index in [1.54, 1.807) is 0 Å². The molecule has 2 aromatic carbocycles. The van der Waals surface area contributed by atoms with Crippen LogP contribution in [0.1, 0.15) is 29.7 Å². The Balaban J connectivity index is 2.19. The molecule has 0 fully saturated rings. The second kappa shape index (κ2) is 6.78. The van der Waals surface area contributed by atoms with E-state index < -0.39 is 0 Å². The van der Waals surface area contributed by atoms with Gasteiger partial charge in [-0.25, -0.2) is 0 Å². The van der Waals surface area contributed by atoms with Crippen LogP contribution in [0, 0.1) is 6.92 Å². The molecule has 0 aromatic heterocycles. The lowest BCUT2D eigenvalue weighted by atomic mass is 10.1. The Morgan fingerprint density at radius 3 is 2.65 bits per heavy atom. The zero-order valence-corrected chi connectivity index (χ0v) is 12.9. The van der Waals surface area contributed by atoms with Gasteiger partial charge in [-0.05, 0) is 50.2 Å². The van der Waals surface area contributed by atoms with Crippen LogP contribution >= 0.6 is 11.6 Å². The average Bonchev–Trinajstić information content (AvgIpc) is 2.46. The Hall–Kier alpha value is -1.51. The molecule has 0 spiro atoms. The molecular weight excluding hydrogens is 270 g/mol. The van der Waals surface area contributed by atoms with Crippen molar-refractivity contribution in [3.63, 3.8) is 0 Å². The highest BCUT2D eigenvalue weighted by molar-refractivity contribution is 6.30. The summed E-state index contributed by atoms with van der Waals surface area (Å²) in [4.78, 5) is 0. The molecule has 0 amide bonds. The van der Waals surface area contributed by atoms with Crippen LogP contribution in [0.15, 0.2) is 42.5 Å². The Morgan fingerprint density at radius 1 is 1.20 bits per heavy atom. The Bertz CT molecular complexity index is 583. The van der Waals surface area contributed by atoms with Crippen LogP contribution in [0.3, 0.4) is 0 Å².